The second-order valence-corrected chi connectivity index (χ2v) is 7.16. The molecule has 130 valence electrons. The Balaban J connectivity index is 1.64. The number of aromatic nitrogens is 2. The van der Waals surface area contributed by atoms with Crippen molar-refractivity contribution in [1.82, 2.24) is 14.9 Å². The van der Waals surface area contributed by atoms with Crippen LogP contribution in [0.4, 0.5) is 0 Å². The first-order chi connectivity index (χ1) is 11.8. The number of hydrogen-bond donors (Lipinski definition) is 1. The maximum absolute atomic E-state index is 12.2. The Morgan fingerprint density at radius 2 is 2.12 bits per heavy atom. The topological polar surface area (TPSA) is 56.1 Å². The summed E-state index contributed by atoms with van der Waals surface area (Å²) in [6, 6.07) is 8.42. The average Bonchev–Trinajstić information content (AvgIpc) is 2.96. The molecular formula is C18H25N3O2S. The molecule has 1 N–H and O–H groups in total. The lowest BCUT2D eigenvalue weighted by Gasteiger charge is -2.22. The molecule has 6 heteroatoms. The number of ether oxygens (including phenoxy) is 1. The predicted octanol–water partition coefficient (Wildman–Crippen LogP) is 3.22. The molecule has 1 saturated carbocycles. The van der Waals surface area contributed by atoms with Gasteiger partial charge in [-0.05, 0) is 25.0 Å². The van der Waals surface area contributed by atoms with Crippen molar-refractivity contribution in [2.24, 2.45) is 0 Å². The summed E-state index contributed by atoms with van der Waals surface area (Å²) < 4.78 is 7.34. The van der Waals surface area contributed by atoms with Gasteiger partial charge in [0.25, 0.3) is 0 Å². The lowest BCUT2D eigenvalue weighted by Crippen LogP contribution is -2.37. The van der Waals surface area contributed by atoms with Crippen molar-refractivity contribution < 1.29 is 9.53 Å². The number of carbonyl (C=O) groups excluding carboxylic acids is 1. The van der Waals surface area contributed by atoms with Gasteiger partial charge in [0.15, 0.2) is 5.16 Å². The first-order valence-corrected chi connectivity index (χ1v) is 9.63. The Kier molecular flexibility index (Phi) is 6.15. The van der Waals surface area contributed by atoms with Crippen LogP contribution in [0.25, 0.3) is 11.0 Å². The fourth-order valence-corrected chi connectivity index (χ4v) is 4.06. The molecule has 3 rings (SSSR count). The van der Waals surface area contributed by atoms with Crippen molar-refractivity contribution in [2.45, 2.75) is 49.8 Å². The second kappa shape index (κ2) is 8.53. The second-order valence-electron chi connectivity index (χ2n) is 6.22. The summed E-state index contributed by atoms with van der Waals surface area (Å²) in [6.45, 7) is 1.37. The highest BCUT2D eigenvalue weighted by Gasteiger charge is 2.17. The van der Waals surface area contributed by atoms with E-state index in [1.54, 1.807) is 7.11 Å². The van der Waals surface area contributed by atoms with Crippen LogP contribution in [-0.4, -0.2) is 41.0 Å². The van der Waals surface area contributed by atoms with E-state index in [1.807, 2.05) is 18.2 Å². The number of rotatable bonds is 7. The molecule has 0 saturated heterocycles. The zero-order valence-corrected chi connectivity index (χ0v) is 15.0. The summed E-state index contributed by atoms with van der Waals surface area (Å²) in [7, 11) is 1.70. The van der Waals surface area contributed by atoms with Gasteiger partial charge in [-0.2, -0.15) is 0 Å². The number of para-hydroxylation sites is 2. The van der Waals surface area contributed by atoms with Gasteiger partial charge in [0.2, 0.25) is 5.91 Å². The van der Waals surface area contributed by atoms with Gasteiger partial charge in [-0.1, -0.05) is 43.2 Å². The fraction of sp³-hybridized carbons (Fsp3) is 0.556. The van der Waals surface area contributed by atoms with E-state index in [9.17, 15) is 4.79 Å². The number of nitrogens with one attached hydrogen (secondary N) is 1. The van der Waals surface area contributed by atoms with Crippen molar-refractivity contribution in [3.63, 3.8) is 0 Å². The molecule has 2 aromatic rings. The van der Waals surface area contributed by atoms with Crippen molar-refractivity contribution in [3.8, 4) is 0 Å². The SMILES string of the molecule is COCCn1c(SCC(=O)NC2CCCCC2)nc2ccccc21. The number of nitrogens with zero attached hydrogens (tertiary/aromatic N) is 2. The van der Waals surface area contributed by atoms with Gasteiger partial charge in [0.05, 0.1) is 23.4 Å². The summed E-state index contributed by atoms with van der Waals surface area (Å²) in [5.41, 5.74) is 2.05. The van der Waals surface area contributed by atoms with Crippen LogP contribution in [0.3, 0.4) is 0 Å². The summed E-state index contributed by atoms with van der Waals surface area (Å²) in [5, 5.41) is 4.05. The lowest BCUT2D eigenvalue weighted by molar-refractivity contribution is -0.119. The largest absolute Gasteiger partial charge is 0.383 e. The molecule has 1 aromatic carbocycles. The standard InChI is InChI=1S/C18H25N3O2S/c1-23-12-11-21-16-10-6-5-9-15(16)20-18(21)24-13-17(22)19-14-7-3-2-4-8-14/h5-6,9-10,14H,2-4,7-8,11-13H2,1H3,(H,19,22). The van der Waals surface area contributed by atoms with Crippen molar-refractivity contribution >= 4 is 28.7 Å². The molecular weight excluding hydrogens is 322 g/mol. The number of benzene rings is 1. The molecule has 1 aliphatic rings. The Morgan fingerprint density at radius 1 is 1.33 bits per heavy atom. The molecule has 1 aromatic heterocycles. The van der Waals surface area contributed by atoms with Crippen LogP contribution in [0, 0.1) is 0 Å². The van der Waals surface area contributed by atoms with E-state index in [0.717, 1.165) is 35.6 Å². The minimum atomic E-state index is 0.109. The third-order valence-corrected chi connectivity index (χ3v) is 5.42. The van der Waals surface area contributed by atoms with Gasteiger partial charge in [-0.25, -0.2) is 4.98 Å². The molecule has 1 fully saturated rings. The number of fused-ring (bicyclic) bond motifs is 1. The fourth-order valence-electron chi connectivity index (χ4n) is 3.21. The van der Waals surface area contributed by atoms with Crippen molar-refractivity contribution in [3.05, 3.63) is 24.3 Å². The van der Waals surface area contributed by atoms with E-state index in [1.165, 1.54) is 31.0 Å². The normalized spacial score (nSPS) is 15.7. The van der Waals surface area contributed by atoms with E-state index in [0.29, 0.717) is 18.4 Å². The van der Waals surface area contributed by atoms with E-state index >= 15 is 0 Å². The summed E-state index contributed by atoms with van der Waals surface area (Å²) >= 11 is 1.50. The molecule has 0 atom stereocenters. The van der Waals surface area contributed by atoms with Gasteiger partial charge in [0.1, 0.15) is 0 Å². The number of imidazole rings is 1. The molecule has 0 aliphatic heterocycles. The van der Waals surface area contributed by atoms with Gasteiger partial charge in [-0.3, -0.25) is 4.79 Å². The van der Waals surface area contributed by atoms with Crippen molar-refractivity contribution in [1.29, 1.82) is 0 Å². The number of methoxy groups -OCH3 is 1. The minimum absolute atomic E-state index is 0.109. The summed E-state index contributed by atoms with van der Waals surface area (Å²) in [4.78, 5) is 16.9. The molecule has 1 aliphatic carbocycles. The van der Waals surface area contributed by atoms with Crippen molar-refractivity contribution in [2.75, 3.05) is 19.5 Å². The number of hydrogen-bond acceptors (Lipinski definition) is 4. The van der Waals surface area contributed by atoms with E-state index in [-0.39, 0.29) is 5.91 Å². The smallest absolute Gasteiger partial charge is 0.230 e. The molecule has 0 spiro atoms. The van der Waals surface area contributed by atoms with Gasteiger partial charge in [0, 0.05) is 19.7 Å². The van der Waals surface area contributed by atoms with Gasteiger partial charge < -0.3 is 14.6 Å². The number of thioether (sulfide) groups is 1. The quantitative estimate of drug-likeness (QED) is 0.781. The van der Waals surface area contributed by atoms with Crippen LogP contribution in [0.2, 0.25) is 0 Å². The van der Waals surface area contributed by atoms with Crippen LogP contribution in [0.5, 0.6) is 0 Å². The molecule has 1 heterocycles. The number of amides is 1. The molecule has 0 radical (unpaired) electrons. The molecule has 24 heavy (non-hydrogen) atoms. The molecule has 1 amide bonds. The summed E-state index contributed by atoms with van der Waals surface area (Å²) in [6.07, 6.45) is 5.98. The minimum Gasteiger partial charge on any atom is -0.383 e. The van der Waals surface area contributed by atoms with E-state index in [2.05, 4.69) is 20.9 Å². The molecule has 5 nitrogen and oxygen atoms in total. The Bertz CT molecular complexity index is 680. The maximum atomic E-state index is 12.2. The lowest BCUT2D eigenvalue weighted by atomic mass is 9.95. The highest BCUT2D eigenvalue weighted by atomic mass is 32.2. The third-order valence-electron chi connectivity index (χ3n) is 4.44. The summed E-state index contributed by atoms with van der Waals surface area (Å²) in [5.74, 6) is 0.518. The van der Waals surface area contributed by atoms with Gasteiger partial charge in [-0.15, -0.1) is 0 Å². The molecule has 0 bridgehead atoms. The third kappa shape index (κ3) is 4.30. The first kappa shape index (κ1) is 17.3. The van der Waals surface area contributed by atoms with Crippen LogP contribution >= 0.6 is 11.8 Å². The Hall–Kier alpha value is -1.53. The highest BCUT2D eigenvalue weighted by Crippen LogP contribution is 2.24. The zero-order valence-electron chi connectivity index (χ0n) is 14.2. The maximum Gasteiger partial charge on any atom is 0.230 e. The monoisotopic (exact) mass is 347 g/mol. The number of carbonyl (C=O) groups is 1. The highest BCUT2D eigenvalue weighted by molar-refractivity contribution is 7.99. The van der Waals surface area contributed by atoms with E-state index in [4.69, 9.17) is 4.74 Å². The van der Waals surface area contributed by atoms with Crippen LogP contribution in [0.1, 0.15) is 32.1 Å². The van der Waals surface area contributed by atoms with Crippen LogP contribution < -0.4 is 5.32 Å². The zero-order chi connectivity index (χ0) is 16.8. The predicted molar refractivity (Wildman–Crippen MR) is 97.3 cm³/mol. The van der Waals surface area contributed by atoms with Gasteiger partial charge >= 0.3 is 0 Å². The van der Waals surface area contributed by atoms with E-state index < -0.39 is 0 Å². The Labute approximate surface area is 147 Å². The average molecular weight is 347 g/mol. The molecule has 0 unspecified atom stereocenters. The first-order valence-electron chi connectivity index (χ1n) is 8.64. The van der Waals surface area contributed by atoms with Crippen LogP contribution in [0.15, 0.2) is 29.4 Å². The van der Waals surface area contributed by atoms with Crippen LogP contribution in [-0.2, 0) is 16.1 Å². The Morgan fingerprint density at radius 3 is 2.92 bits per heavy atom.